The van der Waals surface area contributed by atoms with Crippen molar-refractivity contribution in [3.63, 3.8) is 0 Å². The van der Waals surface area contributed by atoms with Crippen molar-refractivity contribution in [2.45, 2.75) is 6.54 Å². The lowest BCUT2D eigenvalue weighted by molar-refractivity contribution is -0.116. The van der Waals surface area contributed by atoms with Crippen molar-refractivity contribution in [1.82, 2.24) is 14.7 Å². The minimum atomic E-state index is -0.466. The minimum Gasteiger partial charge on any atom is -0.309 e. The summed E-state index contributed by atoms with van der Waals surface area (Å²) in [6.07, 6.45) is 1.58. The highest BCUT2D eigenvalue weighted by Gasteiger charge is 2.36. The molecule has 8 heteroatoms. The average molecular weight is 439 g/mol. The summed E-state index contributed by atoms with van der Waals surface area (Å²) < 4.78 is 2.62. The first-order chi connectivity index (χ1) is 13.5. The second kappa shape index (κ2) is 7.40. The summed E-state index contributed by atoms with van der Waals surface area (Å²) in [5, 5.41) is 6.95. The first-order valence-corrected chi connectivity index (χ1v) is 9.33. The summed E-state index contributed by atoms with van der Waals surface area (Å²) in [6.45, 7) is 0.124. The molecular weight excluding hydrogens is 424 g/mol. The number of carbonyl (C=O) groups is 3. The van der Waals surface area contributed by atoms with Crippen LogP contribution in [0.1, 0.15) is 26.3 Å². The normalized spacial score (nSPS) is 13.0. The number of carbonyl (C=O) groups excluding carboxylic acids is 3. The van der Waals surface area contributed by atoms with E-state index in [1.165, 1.54) is 0 Å². The molecule has 2 aromatic carbocycles. The molecule has 1 aliphatic heterocycles. The largest absolute Gasteiger partial charge is 0.309 e. The molecule has 1 N–H and O–H groups in total. The van der Waals surface area contributed by atoms with Crippen LogP contribution < -0.4 is 5.32 Å². The molecule has 0 atom stereocenters. The van der Waals surface area contributed by atoms with Gasteiger partial charge in [-0.05, 0) is 29.8 Å². The predicted molar refractivity (Wildman–Crippen MR) is 106 cm³/mol. The molecule has 140 valence electrons. The Morgan fingerprint density at radius 3 is 2.25 bits per heavy atom. The van der Waals surface area contributed by atoms with Gasteiger partial charge in [-0.1, -0.05) is 40.2 Å². The number of nitrogens with zero attached hydrogens (tertiary/aromatic N) is 3. The van der Waals surface area contributed by atoms with E-state index in [0.717, 1.165) is 14.9 Å². The lowest BCUT2D eigenvalue weighted by Gasteiger charge is -2.14. The van der Waals surface area contributed by atoms with Crippen LogP contribution in [0.4, 0.5) is 5.82 Å². The number of aromatic nitrogens is 2. The van der Waals surface area contributed by atoms with Crippen LogP contribution in [-0.2, 0) is 11.3 Å². The lowest BCUT2D eigenvalue weighted by Crippen LogP contribution is -2.37. The van der Waals surface area contributed by atoms with E-state index in [4.69, 9.17) is 0 Å². The number of imide groups is 1. The number of nitrogens with one attached hydrogen (secondary N) is 1. The van der Waals surface area contributed by atoms with Gasteiger partial charge in [0.25, 0.3) is 11.8 Å². The van der Waals surface area contributed by atoms with Gasteiger partial charge in [0.1, 0.15) is 12.4 Å². The highest BCUT2D eigenvalue weighted by molar-refractivity contribution is 9.10. The highest BCUT2D eigenvalue weighted by Crippen LogP contribution is 2.22. The third kappa shape index (κ3) is 3.46. The molecule has 0 saturated carbocycles. The molecular formula is C20H15BrN4O3. The molecule has 0 spiro atoms. The van der Waals surface area contributed by atoms with Crippen molar-refractivity contribution in [3.05, 3.63) is 82.0 Å². The van der Waals surface area contributed by atoms with Gasteiger partial charge in [-0.25, -0.2) is 4.68 Å². The van der Waals surface area contributed by atoms with Crippen molar-refractivity contribution in [1.29, 1.82) is 0 Å². The second-order valence-electron chi connectivity index (χ2n) is 6.29. The summed E-state index contributed by atoms with van der Waals surface area (Å²) in [7, 11) is 0. The van der Waals surface area contributed by atoms with Gasteiger partial charge in [0.15, 0.2) is 0 Å². The van der Waals surface area contributed by atoms with Crippen LogP contribution in [0.2, 0.25) is 0 Å². The van der Waals surface area contributed by atoms with E-state index < -0.39 is 17.7 Å². The number of hydrogen-bond acceptors (Lipinski definition) is 4. The molecule has 0 radical (unpaired) electrons. The first-order valence-electron chi connectivity index (χ1n) is 8.54. The average Bonchev–Trinajstić information content (AvgIpc) is 3.22. The minimum absolute atomic E-state index is 0.320. The standard InChI is InChI=1S/C20H15BrN4O3/c21-14-7-5-13(6-8-14)11-25-17(9-10-22-25)23-18(26)12-24-19(27)15-3-1-2-4-16(15)20(24)28/h1-10H,11-12H2,(H,23,26). The summed E-state index contributed by atoms with van der Waals surface area (Å²) >= 11 is 3.39. The van der Waals surface area contributed by atoms with Crippen molar-refractivity contribution in [3.8, 4) is 0 Å². The van der Waals surface area contributed by atoms with Crippen LogP contribution in [0, 0.1) is 0 Å². The smallest absolute Gasteiger partial charge is 0.262 e. The van der Waals surface area contributed by atoms with Gasteiger partial charge in [-0.15, -0.1) is 0 Å². The fourth-order valence-electron chi connectivity index (χ4n) is 3.04. The number of benzene rings is 2. The summed E-state index contributed by atoms with van der Waals surface area (Å²) in [4.78, 5) is 38.2. The van der Waals surface area contributed by atoms with Gasteiger partial charge in [0.05, 0.1) is 23.9 Å². The Balaban J connectivity index is 1.44. The maximum atomic E-state index is 12.5. The van der Waals surface area contributed by atoms with Crippen molar-refractivity contribution >= 4 is 39.5 Å². The third-order valence-corrected chi connectivity index (χ3v) is 4.94. The van der Waals surface area contributed by atoms with Crippen molar-refractivity contribution in [2.24, 2.45) is 0 Å². The second-order valence-corrected chi connectivity index (χ2v) is 7.21. The first kappa shape index (κ1) is 18.1. The quantitative estimate of drug-likeness (QED) is 0.620. The Morgan fingerprint density at radius 2 is 1.61 bits per heavy atom. The monoisotopic (exact) mass is 438 g/mol. The zero-order valence-corrected chi connectivity index (χ0v) is 16.2. The molecule has 0 aliphatic carbocycles. The molecule has 28 heavy (non-hydrogen) atoms. The Bertz CT molecular complexity index is 1040. The third-order valence-electron chi connectivity index (χ3n) is 4.41. The zero-order chi connectivity index (χ0) is 19.7. The Labute approximate surface area is 169 Å². The molecule has 3 amide bonds. The molecule has 0 saturated heterocycles. The van der Waals surface area contributed by atoms with Crippen LogP contribution in [0.25, 0.3) is 0 Å². The summed E-state index contributed by atoms with van der Waals surface area (Å²) in [5.41, 5.74) is 1.66. The fraction of sp³-hybridized carbons (Fsp3) is 0.100. The van der Waals surface area contributed by atoms with Gasteiger partial charge < -0.3 is 5.32 Å². The van der Waals surface area contributed by atoms with Crippen LogP contribution in [-0.4, -0.2) is 38.9 Å². The number of hydrogen-bond donors (Lipinski definition) is 1. The highest BCUT2D eigenvalue weighted by atomic mass is 79.9. The fourth-order valence-corrected chi connectivity index (χ4v) is 3.30. The molecule has 0 fully saturated rings. The molecule has 3 aromatic rings. The van der Waals surface area contributed by atoms with Gasteiger partial charge in [-0.3, -0.25) is 19.3 Å². The van der Waals surface area contributed by atoms with Crippen LogP contribution in [0.15, 0.2) is 65.3 Å². The Morgan fingerprint density at radius 1 is 0.964 bits per heavy atom. The molecule has 0 bridgehead atoms. The van der Waals surface area contributed by atoms with Crippen molar-refractivity contribution < 1.29 is 14.4 Å². The van der Waals surface area contributed by atoms with E-state index in [2.05, 4.69) is 26.3 Å². The molecule has 1 aromatic heterocycles. The number of halogens is 1. The molecule has 7 nitrogen and oxygen atoms in total. The van der Waals surface area contributed by atoms with E-state index >= 15 is 0 Å². The summed E-state index contributed by atoms with van der Waals surface area (Å²) in [6, 6.07) is 16.0. The van der Waals surface area contributed by atoms with Crippen LogP contribution in [0.3, 0.4) is 0 Å². The van der Waals surface area contributed by atoms with E-state index in [9.17, 15) is 14.4 Å². The Hall–Kier alpha value is -3.26. The van der Waals surface area contributed by atoms with Crippen LogP contribution >= 0.6 is 15.9 Å². The maximum absolute atomic E-state index is 12.5. The van der Waals surface area contributed by atoms with E-state index in [1.807, 2.05) is 24.3 Å². The molecule has 4 rings (SSSR count). The van der Waals surface area contributed by atoms with Gasteiger partial charge >= 0.3 is 0 Å². The number of fused-ring (bicyclic) bond motifs is 1. The molecule has 1 aliphatic rings. The summed E-state index contributed by atoms with van der Waals surface area (Å²) in [5.74, 6) is -0.894. The van der Waals surface area contributed by atoms with Gasteiger partial charge in [0.2, 0.25) is 5.91 Å². The predicted octanol–water partition coefficient (Wildman–Crippen LogP) is 2.93. The SMILES string of the molecule is O=C(CN1C(=O)c2ccccc2C1=O)Nc1ccnn1Cc1ccc(Br)cc1. The van der Waals surface area contributed by atoms with Crippen LogP contribution in [0.5, 0.6) is 0 Å². The maximum Gasteiger partial charge on any atom is 0.262 e. The Kier molecular flexibility index (Phi) is 4.79. The van der Waals surface area contributed by atoms with E-state index in [0.29, 0.717) is 23.5 Å². The topological polar surface area (TPSA) is 84.3 Å². The van der Waals surface area contributed by atoms with E-state index in [1.54, 1.807) is 41.2 Å². The van der Waals surface area contributed by atoms with Crippen molar-refractivity contribution in [2.75, 3.05) is 11.9 Å². The number of amides is 3. The zero-order valence-electron chi connectivity index (χ0n) is 14.6. The number of rotatable bonds is 5. The van der Waals surface area contributed by atoms with Gasteiger partial charge in [0, 0.05) is 10.5 Å². The van der Waals surface area contributed by atoms with Gasteiger partial charge in [-0.2, -0.15) is 5.10 Å². The number of anilines is 1. The van der Waals surface area contributed by atoms with E-state index in [-0.39, 0.29) is 6.54 Å². The molecule has 2 heterocycles. The molecule has 0 unspecified atom stereocenters. The lowest BCUT2D eigenvalue weighted by atomic mass is 10.1.